The summed E-state index contributed by atoms with van der Waals surface area (Å²) in [5, 5.41) is 0. The number of carbonyl (C=O) groups excluding carboxylic acids is 1. The third kappa shape index (κ3) is 3.55. The molecule has 2 aromatic heterocycles. The van der Waals surface area contributed by atoms with Crippen molar-refractivity contribution in [1.29, 1.82) is 0 Å². The first-order valence-corrected chi connectivity index (χ1v) is 9.32. The number of carbonyl (C=O) groups is 1. The summed E-state index contributed by atoms with van der Waals surface area (Å²) in [5.74, 6) is -0.319. The van der Waals surface area contributed by atoms with Crippen LogP contribution in [0.15, 0.2) is 51.9 Å². The number of pyridine rings is 1. The van der Waals surface area contributed by atoms with Crippen LogP contribution in [0.3, 0.4) is 0 Å². The molecule has 0 bridgehead atoms. The number of benzene rings is 1. The minimum atomic E-state index is -0.319. The lowest BCUT2D eigenvalue weighted by Crippen LogP contribution is -2.17. The second kappa shape index (κ2) is 7.03. The molecule has 1 aromatic carbocycles. The van der Waals surface area contributed by atoms with E-state index in [4.69, 9.17) is 4.74 Å². The van der Waals surface area contributed by atoms with Crippen molar-refractivity contribution in [2.75, 3.05) is 0 Å². The quantitative estimate of drug-likeness (QED) is 0.617. The second-order valence-electron chi connectivity index (χ2n) is 6.46. The van der Waals surface area contributed by atoms with Crippen molar-refractivity contribution in [3.05, 3.63) is 79.8 Å². The van der Waals surface area contributed by atoms with Gasteiger partial charge in [0, 0.05) is 16.7 Å². The van der Waals surface area contributed by atoms with Crippen LogP contribution in [0, 0.1) is 0 Å². The minimum absolute atomic E-state index is 0.00836. The molecule has 0 atom stereocenters. The molecular formula is C20H17BrN2O3. The van der Waals surface area contributed by atoms with Gasteiger partial charge in [0.15, 0.2) is 0 Å². The molecule has 0 radical (unpaired) electrons. The van der Waals surface area contributed by atoms with Gasteiger partial charge < -0.3 is 4.74 Å². The van der Waals surface area contributed by atoms with E-state index in [1.807, 2.05) is 12.1 Å². The number of hydrogen-bond acceptors (Lipinski definition) is 4. The van der Waals surface area contributed by atoms with Crippen molar-refractivity contribution >= 4 is 27.5 Å². The Bertz CT molecular complexity index is 1060. The Morgan fingerprint density at radius 2 is 2.00 bits per heavy atom. The highest BCUT2D eigenvalue weighted by atomic mass is 79.9. The summed E-state index contributed by atoms with van der Waals surface area (Å²) in [6, 6.07) is 11.1. The number of fused-ring (bicyclic) bond motifs is 2. The fraction of sp³-hybridized carbons (Fsp3) is 0.250. The number of aryl methyl sites for hydroxylation is 2. The highest BCUT2D eigenvalue weighted by Gasteiger charge is 2.13. The first-order valence-electron chi connectivity index (χ1n) is 8.53. The molecule has 0 saturated carbocycles. The Balaban J connectivity index is 1.43. The Hall–Kier alpha value is -2.47. The summed E-state index contributed by atoms with van der Waals surface area (Å²) in [6.45, 7) is -0.00836. The molecule has 2 heterocycles. The van der Waals surface area contributed by atoms with Gasteiger partial charge in [0.1, 0.15) is 12.3 Å². The lowest BCUT2D eigenvalue weighted by Gasteiger charge is -2.07. The fourth-order valence-corrected chi connectivity index (χ4v) is 3.64. The summed E-state index contributed by atoms with van der Waals surface area (Å²) in [4.78, 5) is 28.7. The largest absolute Gasteiger partial charge is 0.459 e. The van der Waals surface area contributed by atoms with E-state index in [9.17, 15) is 9.59 Å². The maximum Gasteiger partial charge on any atom is 0.310 e. The van der Waals surface area contributed by atoms with Crippen molar-refractivity contribution in [2.45, 2.75) is 32.3 Å². The molecule has 132 valence electrons. The first kappa shape index (κ1) is 17.0. The summed E-state index contributed by atoms with van der Waals surface area (Å²) < 4.78 is 7.56. The summed E-state index contributed by atoms with van der Waals surface area (Å²) in [6.07, 6.45) is 5.28. The monoisotopic (exact) mass is 412 g/mol. The standard InChI is InChI=1S/C20H17BrN2O3/c21-16-6-7-18-22-17(10-19(24)23(18)11-16)12-26-20(25)9-13-4-5-14-2-1-3-15(14)8-13/h4-8,10-11H,1-3,9,12H2. The van der Waals surface area contributed by atoms with Crippen LogP contribution in [-0.2, 0) is 35.4 Å². The zero-order valence-corrected chi connectivity index (χ0v) is 15.7. The van der Waals surface area contributed by atoms with Gasteiger partial charge in [-0.1, -0.05) is 18.2 Å². The van der Waals surface area contributed by atoms with E-state index in [0.717, 1.165) is 22.9 Å². The van der Waals surface area contributed by atoms with Crippen molar-refractivity contribution in [1.82, 2.24) is 9.38 Å². The highest BCUT2D eigenvalue weighted by molar-refractivity contribution is 9.10. The van der Waals surface area contributed by atoms with Crippen LogP contribution in [0.5, 0.6) is 0 Å². The van der Waals surface area contributed by atoms with Gasteiger partial charge in [0.05, 0.1) is 12.1 Å². The highest BCUT2D eigenvalue weighted by Crippen LogP contribution is 2.23. The molecule has 0 saturated heterocycles. The van der Waals surface area contributed by atoms with Gasteiger partial charge in [0.2, 0.25) is 0 Å². The number of hydrogen-bond donors (Lipinski definition) is 0. The lowest BCUT2D eigenvalue weighted by molar-refractivity contribution is -0.144. The van der Waals surface area contributed by atoms with E-state index >= 15 is 0 Å². The lowest BCUT2D eigenvalue weighted by atomic mass is 10.0. The molecule has 0 N–H and O–H groups in total. The zero-order chi connectivity index (χ0) is 18.1. The average molecular weight is 413 g/mol. The number of rotatable bonds is 4. The van der Waals surface area contributed by atoms with Gasteiger partial charge in [-0.15, -0.1) is 0 Å². The first-order chi connectivity index (χ1) is 12.6. The van der Waals surface area contributed by atoms with Gasteiger partial charge in [-0.25, -0.2) is 4.98 Å². The Kier molecular flexibility index (Phi) is 4.59. The molecule has 0 fully saturated rings. The van der Waals surface area contributed by atoms with E-state index in [1.54, 1.807) is 12.3 Å². The van der Waals surface area contributed by atoms with Crippen molar-refractivity contribution < 1.29 is 9.53 Å². The van der Waals surface area contributed by atoms with Crippen LogP contribution in [0.2, 0.25) is 0 Å². The number of ether oxygens (including phenoxy) is 1. The molecule has 1 aliphatic rings. The Labute approximate surface area is 158 Å². The number of halogens is 1. The molecule has 0 unspecified atom stereocenters. The summed E-state index contributed by atoms with van der Waals surface area (Å²) in [5.41, 5.74) is 4.44. The van der Waals surface area contributed by atoms with Crippen LogP contribution < -0.4 is 5.56 Å². The SMILES string of the molecule is O=C(Cc1ccc2c(c1)CCC2)OCc1cc(=O)n2cc(Br)ccc2n1. The van der Waals surface area contributed by atoms with E-state index in [1.165, 1.54) is 28.0 Å². The maximum atomic E-state index is 12.2. The molecule has 1 aliphatic carbocycles. The maximum absolute atomic E-state index is 12.2. The average Bonchev–Trinajstić information content (AvgIpc) is 3.08. The van der Waals surface area contributed by atoms with Gasteiger partial charge in [-0.3, -0.25) is 14.0 Å². The van der Waals surface area contributed by atoms with E-state index in [2.05, 4.69) is 33.0 Å². The predicted molar refractivity (Wildman–Crippen MR) is 101 cm³/mol. The predicted octanol–water partition coefficient (Wildman–Crippen LogP) is 3.23. The molecule has 5 nitrogen and oxygen atoms in total. The Morgan fingerprint density at radius 3 is 2.88 bits per heavy atom. The van der Waals surface area contributed by atoms with Crippen LogP contribution in [-0.4, -0.2) is 15.4 Å². The summed E-state index contributed by atoms with van der Waals surface area (Å²) >= 11 is 3.33. The van der Waals surface area contributed by atoms with Crippen molar-refractivity contribution in [2.24, 2.45) is 0 Å². The molecule has 0 aliphatic heterocycles. The summed E-state index contributed by atoms with van der Waals surface area (Å²) in [7, 11) is 0. The molecule has 6 heteroatoms. The van der Waals surface area contributed by atoms with Gasteiger partial charge >= 0.3 is 5.97 Å². The van der Waals surface area contributed by atoms with Crippen molar-refractivity contribution in [3.63, 3.8) is 0 Å². The molecule has 26 heavy (non-hydrogen) atoms. The number of aromatic nitrogens is 2. The molecule has 4 rings (SSSR count). The third-order valence-corrected chi connectivity index (χ3v) is 5.04. The van der Waals surface area contributed by atoms with Crippen LogP contribution in [0.25, 0.3) is 5.65 Å². The smallest absolute Gasteiger partial charge is 0.310 e. The zero-order valence-electron chi connectivity index (χ0n) is 14.1. The van der Waals surface area contributed by atoms with Crippen LogP contribution in [0.1, 0.15) is 28.8 Å². The fourth-order valence-electron chi connectivity index (χ4n) is 3.31. The van der Waals surface area contributed by atoms with Crippen LogP contribution in [0.4, 0.5) is 0 Å². The molecule has 0 amide bonds. The van der Waals surface area contributed by atoms with Gasteiger partial charge in [-0.2, -0.15) is 0 Å². The number of nitrogens with zero attached hydrogens (tertiary/aromatic N) is 2. The van der Waals surface area contributed by atoms with Gasteiger partial charge in [0.25, 0.3) is 5.56 Å². The Morgan fingerprint density at radius 1 is 1.15 bits per heavy atom. The normalized spacial score (nSPS) is 13.0. The number of esters is 1. The van der Waals surface area contributed by atoms with E-state index in [-0.39, 0.29) is 24.6 Å². The van der Waals surface area contributed by atoms with Crippen LogP contribution >= 0.6 is 15.9 Å². The topological polar surface area (TPSA) is 60.7 Å². The molecular weight excluding hydrogens is 396 g/mol. The third-order valence-electron chi connectivity index (χ3n) is 4.57. The van der Waals surface area contributed by atoms with E-state index in [0.29, 0.717) is 11.3 Å². The second-order valence-corrected chi connectivity index (χ2v) is 7.37. The minimum Gasteiger partial charge on any atom is -0.459 e. The van der Waals surface area contributed by atoms with Gasteiger partial charge in [-0.05, 0) is 64.0 Å². The molecule has 3 aromatic rings. The van der Waals surface area contributed by atoms with Crippen molar-refractivity contribution in [3.8, 4) is 0 Å². The molecule has 0 spiro atoms. The van der Waals surface area contributed by atoms with E-state index < -0.39 is 0 Å².